The fourth-order valence-corrected chi connectivity index (χ4v) is 2.75. The van der Waals surface area contributed by atoms with Gasteiger partial charge in [0.05, 0.1) is 0 Å². The highest BCUT2D eigenvalue weighted by Gasteiger charge is 1.98. The molecular formula is C9H12ClNO2S2. The summed E-state index contributed by atoms with van der Waals surface area (Å²) in [7, 11) is 3.22. The largest absolute Gasteiger partial charge is 0.481 e. The van der Waals surface area contributed by atoms with Crippen molar-refractivity contribution in [3.63, 3.8) is 0 Å². The van der Waals surface area contributed by atoms with E-state index in [4.69, 9.17) is 5.11 Å². The first-order valence-corrected chi connectivity index (χ1v) is 6.53. The van der Waals surface area contributed by atoms with E-state index >= 15 is 0 Å². The Morgan fingerprint density at radius 3 is 2.87 bits per heavy atom. The van der Waals surface area contributed by atoms with Crippen LogP contribution in [0.4, 0.5) is 0 Å². The maximum absolute atomic E-state index is 10.2. The van der Waals surface area contributed by atoms with Gasteiger partial charge in [0.25, 0.3) is 0 Å². The van der Waals surface area contributed by atoms with Crippen LogP contribution in [0.25, 0.3) is 0 Å². The molecule has 0 fully saturated rings. The minimum absolute atomic E-state index is 0. The number of aliphatic carboxylic acids is 1. The standard InChI is InChI=1S/C9H11NO2S2.ClH/c11-9(12)5-3-7-13-14-8-4-1-2-6-10-8;/h1-2,4,6H,3,5,7H2,(H,11,12);1H. The molecule has 3 nitrogen and oxygen atoms in total. The summed E-state index contributed by atoms with van der Waals surface area (Å²) in [5, 5.41) is 9.37. The predicted octanol–water partition coefficient (Wildman–Crippen LogP) is 3.11. The summed E-state index contributed by atoms with van der Waals surface area (Å²) in [4.78, 5) is 14.3. The summed E-state index contributed by atoms with van der Waals surface area (Å²) in [6, 6.07) is 5.75. The van der Waals surface area contributed by atoms with E-state index in [1.54, 1.807) is 27.8 Å². The van der Waals surface area contributed by atoms with Crippen molar-refractivity contribution in [2.45, 2.75) is 17.9 Å². The first kappa shape index (κ1) is 14.6. The molecule has 0 aliphatic carbocycles. The lowest BCUT2D eigenvalue weighted by atomic mass is 10.3. The summed E-state index contributed by atoms with van der Waals surface area (Å²) >= 11 is 0. The van der Waals surface area contributed by atoms with Gasteiger partial charge in [0, 0.05) is 18.4 Å². The van der Waals surface area contributed by atoms with Gasteiger partial charge >= 0.3 is 5.97 Å². The van der Waals surface area contributed by atoms with Gasteiger partial charge in [-0.15, -0.1) is 12.4 Å². The van der Waals surface area contributed by atoms with Gasteiger partial charge in [0.15, 0.2) is 0 Å². The normalized spacial score (nSPS) is 9.33. The van der Waals surface area contributed by atoms with E-state index in [0.29, 0.717) is 6.42 Å². The van der Waals surface area contributed by atoms with Crippen molar-refractivity contribution >= 4 is 40.0 Å². The van der Waals surface area contributed by atoms with Crippen molar-refractivity contribution in [1.29, 1.82) is 0 Å². The van der Waals surface area contributed by atoms with Gasteiger partial charge in [0.2, 0.25) is 0 Å². The minimum Gasteiger partial charge on any atom is -0.481 e. The van der Waals surface area contributed by atoms with Gasteiger partial charge in [0.1, 0.15) is 5.03 Å². The summed E-state index contributed by atoms with van der Waals surface area (Å²) in [6.45, 7) is 0. The Labute approximate surface area is 103 Å². The Bertz CT molecular complexity index is 285. The second kappa shape index (κ2) is 8.88. The third-order valence-corrected chi connectivity index (χ3v) is 3.75. The molecule has 0 atom stereocenters. The minimum atomic E-state index is -0.728. The third-order valence-electron chi connectivity index (χ3n) is 1.40. The van der Waals surface area contributed by atoms with Gasteiger partial charge in [-0.25, -0.2) is 4.98 Å². The molecule has 1 N–H and O–H groups in total. The lowest BCUT2D eigenvalue weighted by Gasteiger charge is -1.98. The van der Waals surface area contributed by atoms with Gasteiger partial charge in [-0.1, -0.05) is 16.9 Å². The van der Waals surface area contributed by atoms with Gasteiger partial charge in [-0.3, -0.25) is 4.79 Å². The zero-order valence-electron chi connectivity index (χ0n) is 7.96. The average Bonchev–Trinajstić information content (AvgIpc) is 2.18. The number of hydrogen-bond acceptors (Lipinski definition) is 4. The smallest absolute Gasteiger partial charge is 0.303 e. The summed E-state index contributed by atoms with van der Waals surface area (Å²) in [5.41, 5.74) is 0. The number of aromatic nitrogens is 1. The zero-order chi connectivity index (χ0) is 10.2. The van der Waals surface area contributed by atoms with Gasteiger partial charge in [-0.05, 0) is 29.3 Å². The number of hydrogen-bond donors (Lipinski definition) is 1. The van der Waals surface area contributed by atoms with Crippen LogP contribution in [0.2, 0.25) is 0 Å². The van der Waals surface area contributed by atoms with E-state index in [2.05, 4.69) is 4.98 Å². The van der Waals surface area contributed by atoms with Crippen LogP contribution in [0.3, 0.4) is 0 Å². The zero-order valence-corrected chi connectivity index (χ0v) is 10.4. The maximum atomic E-state index is 10.2. The monoisotopic (exact) mass is 265 g/mol. The highest BCUT2D eigenvalue weighted by atomic mass is 35.5. The number of halogens is 1. The van der Waals surface area contributed by atoms with Crippen LogP contribution in [0.1, 0.15) is 12.8 Å². The second-order valence-electron chi connectivity index (χ2n) is 2.57. The Balaban J connectivity index is 0.00000196. The number of nitrogens with zero attached hydrogens (tertiary/aromatic N) is 1. The van der Waals surface area contributed by atoms with Gasteiger partial charge in [-0.2, -0.15) is 0 Å². The maximum Gasteiger partial charge on any atom is 0.303 e. The number of carboxylic acids is 1. The van der Waals surface area contributed by atoms with Gasteiger partial charge < -0.3 is 5.11 Å². The molecule has 0 saturated carbocycles. The fourth-order valence-electron chi connectivity index (χ4n) is 0.781. The highest BCUT2D eigenvalue weighted by molar-refractivity contribution is 8.76. The molecule has 0 bridgehead atoms. The molecule has 84 valence electrons. The highest BCUT2D eigenvalue weighted by Crippen LogP contribution is 2.29. The van der Waals surface area contributed by atoms with Crippen LogP contribution in [0, 0.1) is 0 Å². The Morgan fingerprint density at radius 2 is 2.27 bits per heavy atom. The number of carbonyl (C=O) groups is 1. The summed E-state index contributed by atoms with van der Waals surface area (Å²) in [5.74, 6) is 0.113. The molecule has 6 heteroatoms. The molecule has 0 spiro atoms. The SMILES string of the molecule is Cl.O=C(O)CCCSSc1ccccn1. The number of carboxylic acid groups (broad SMARTS) is 1. The lowest BCUT2D eigenvalue weighted by Crippen LogP contribution is -1.94. The number of rotatable bonds is 6. The van der Waals surface area contributed by atoms with E-state index in [1.165, 1.54) is 0 Å². The molecule has 0 aromatic carbocycles. The van der Waals surface area contributed by atoms with Crippen molar-refractivity contribution in [2.75, 3.05) is 5.75 Å². The Morgan fingerprint density at radius 1 is 1.47 bits per heavy atom. The molecule has 15 heavy (non-hydrogen) atoms. The first-order chi connectivity index (χ1) is 6.79. The summed E-state index contributed by atoms with van der Waals surface area (Å²) in [6.07, 6.45) is 2.70. The van der Waals surface area contributed by atoms with Crippen molar-refractivity contribution in [1.82, 2.24) is 4.98 Å². The van der Waals surface area contributed by atoms with Crippen LogP contribution in [-0.4, -0.2) is 21.8 Å². The lowest BCUT2D eigenvalue weighted by molar-refractivity contribution is -0.137. The van der Waals surface area contributed by atoms with E-state index in [-0.39, 0.29) is 18.8 Å². The van der Waals surface area contributed by atoms with Crippen LogP contribution in [-0.2, 0) is 4.79 Å². The summed E-state index contributed by atoms with van der Waals surface area (Å²) < 4.78 is 0. The van der Waals surface area contributed by atoms with E-state index in [1.807, 2.05) is 18.2 Å². The molecule has 0 aliphatic heterocycles. The molecular weight excluding hydrogens is 254 g/mol. The van der Waals surface area contributed by atoms with Crippen molar-refractivity contribution < 1.29 is 9.90 Å². The quantitative estimate of drug-likeness (QED) is 0.633. The molecule has 0 aliphatic rings. The van der Waals surface area contributed by atoms with E-state index in [0.717, 1.165) is 10.8 Å². The molecule has 0 radical (unpaired) electrons. The van der Waals surface area contributed by atoms with Crippen LogP contribution < -0.4 is 0 Å². The van der Waals surface area contributed by atoms with Crippen molar-refractivity contribution in [2.24, 2.45) is 0 Å². The third kappa shape index (κ3) is 7.53. The molecule has 1 aromatic rings. The molecule has 0 amide bonds. The molecule has 1 aromatic heterocycles. The second-order valence-corrected chi connectivity index (χ2v) is 5.01. The van der Waals surface area contributed by atoms with E-state index < -0.39 is 5.97 Å². The Hall–Kier alpha value is -0.390. The fraction of sp³-hybridized carbons (Fsp3) is 0.333. The molecule has 0 saturated heterocycles. The van der Waals surface area contributed by atoms with Crippen LogP contribution in [0.5, 0.6) is 0 Å². The molecule has 1 heterocycles. The molecule has 1 rings (SSSR count). The predicted molar refractivity (Wildman–Crippen MR) is 66.7 cm³/mol. The van der Waals surface area contributed by atoms with Crippen LogP contribution >= 0.6 is 34.0 Å². The van der Waals surface area contributed by atoms with E-state index in [9.17, 15) is 4.79 Å². The van der Waals surface area contributed by atoms with Crippen molar-refractivity contribution in [3.05, 3.63) is 24.4 Å². The topological polar surface area (TPSA) is 50.2 Å². The van der Waals surface area contributed by atoms with Crippen LogP contribution in [0.15, 0.2) is 29.4 Å². The average molecular weight is 266 g/mol. The first-order valence-electron chi connectivity index (χ1n) is 4.21. The molecule has 0 unspecified atom stereocenters. The number of pyridine rings is 1. The Kier molecular flexibility index (Phi) is 8.65. The van der Waals surface area contributed by atoms with Crippen molar-refractivity contribution in [3.8, 4) is 0 Å².